The van der Waals surface area contributed by atoms with Crippen LogP contribution in [0.25, 0.3) is 0 Å². The van der Waals surface area contributed by atoms with Gasteiger partial charge in [-0.25, -0.2) is 8.42 Å². The lowest BCUT2D eigenvalue weighted by Crippen LogP contribution is -2.57. The van der Waals surface area contributed by atoms with Crippen LogP contribution < -0.4 is 0 Å². The number of piperidine rings is 1. The molecule has 0 aliphatic carbocycles. The lowest BCUT2D eigenvalue weighted by molar-refractivity contribution is -0.138. The summed E-state index contributed by atoms with van der Waals surface area (Å²) in [5.41, 5.74) is 0. The Labute approximate surface area is 153 Å². The minimum absolute atomic E-state index is 0.0645. The average Bonchev–Trinajstić information content (AvgIpc) is 3.22. The smallest absolute Gasteiger partial charge is 0.290 e. The first kappa shape index (κ1) is 18.9. The summed E-state index contributed by atoms with van der Waals surface area (Å²) < 4.78 is 30.6. The predicted molar refractivity (Wildman–Crippen MR) is 95.0 cm³/mol. The summed E-state index contributed by atoms with van der Waals surface area (Å²) in [7, 11) is -3.23. The molecule has 144 valence electrons. The molecule has 2 aliphatic heterocycles. The number of nitrogens with zero attached hydrogens (tertiary/aromatic N) is 3. The van der Waals surface area contributed by atoms with E-state index in [9.17, 15) is 18.0 Å². The summed E-state index contributed by atoms with van der Waals surface area (Å²) in [4.78, 5) is 28.9. The second-order valence-corrected chi connectivity index (χ2v) is 8.87. The molecule has 9 heteroatoms. The molecule has 0 radical (unpaired) electrons. The number of carbonyl (C=O) groups excluding carboxylic acids is 2. The summed E-state index contributed by atoms with van der Waals surface area (Å²) in [6.07, 6.45) is 3.82. The highest BCUT2D eigenvalue weighted by molar-refractivity contribution is 7.89. The molecule has 2 saturated heterocycles. The van der Waals surface area contributed by atoms with Crippen LogP contribution >= 0.6 is 0 Å². The Hall–Kier alpha value is -1.87. The minimum Gasteiger partial charge on any atom is -0.459 e. The van der Waals surface area contributed by atoms with Gasteiger partial charge in [0.15, 0.2) is 5.76 Å². The third-order valence-corrected chi connectivity index (χ3v) is 6.97. The molecule has 3 heterocycles. The fraction of sp³-hybridized carbons (Fsp3) is 0.647. The molecule has 0 spiro atoms. The van der Waals surface area contributed by atoms with Gasteiger partial charge in [-0.1, -0.05) is 0 Å². The number of hydrogen-bond acceptors (Lipinski definition) is 5. The maximum absolute atomic E-state index is 13.0. The van der Waals surface area contributed by atoms with E-state index in [4.69, 9.17) is 4.42 Å². The zero-order chi connectivity index (χ0) is 18.7. The van der Waals surface area contributed by atoms with E-state index in [-0.39, 0.29) is 23.3 Å². The molecule has 26 heavy (non-hydrogen) atoms. The van der Waals surface area contributed by atoms with Crippen molar-refractivity contribution < 1.29 is 22.4 Å². The summed E-state index contributed by atoms with van der Waals surface area (Å²) >= 11 is 0. The van der Waals surface area contributed by atoms with Crippen LogP contribution in [-0.4, -0.2) is 78.9 Å². The van der Waals surface area contributed by atoms with Gasteiger partial charge in [-0.05, 0) is 38.3 Å². The SMILES string of the molecule is CCS(=O)(=O)N1CCN(C(=O)C2CCCCN2C(=O)c2ccco2)CC1. The third kappa shape index (κ3) is 3.78. The lowest BCUT2D eigenvalue weighted by Gasteiger charge is -2.40. The molecule has 3 rings (SSSR count). The van der Waals surface area contributed by atoms with Gasteiger partial charge in [0, 0.05) is 32.7 Å². The highest BCUT2D eigenvalue weighted by atomic mass is 32.2. The van der Waals surface area contributed by atoms with E-state index in [1.54, 1.807) is 28.9 Å². The Kier molecular flexibility index (Phi) is 5.67. The first-order valence-corrected chi connectivity index (χ1v) is 10.7. The fourth-order valence-electron chi connectivity index (χ4n) is 3.55. The zero-order valence-corrected chi connectivity index (χ0v) is 15.8. The highest BCUT2D eigenvalue weighted by Gasteiger charge is 2.37. The van der Waals surface area contributed by atoms with Crippen LogP contribution in [0.1, 0.15) is 36.7 Å². The Balaban J connectivity index is 1.67. The van der Waals surface area contributed by atoms with Gasteiger partial charge in [0.1, 0.15) is 6.04 Å². The van der Waals surface area contributed by atoms with E-state index in [1.165, 1.54) is 10.6 Å². The van der Waals surface area contributed by atoms with Gasteiger partial charge in [0.05, 0.1) is 12.0 Å². The lowest BCUT2D eigenvalue weighted by atomic mass is 10.00. The average molecular weight is 383 g/mol. The van der Waals surface area contributed by atoms with Gasteiger partial charge in [0.25, 0.3) is 5.91 Å². The zero-order valence-electron chi connectivity index (χ0n) is 15.0. The van der Waals surface area contributed by atoms with E-state index < -0.39 is 16.1 Å². The van der Waals surface area contributed by atoms with Crippen molar-refractivity contribution >= 4 is 21.8 Å². The normalized spacial score (nSPS) is 22.4. The van der Waals surface area contributed by atoms with Crippen molar-refractivity contribution in [1.82, 2.24) is 14.1 Å². The summed E-state index contributed by atoms with van der Waals surface area (Å²) in [6.45, 7) is 3.48. The van der Waals surface area contributed by atoms with Crippen LogP contribution in [-0.2, 0) is 14.8 Å². The van der Waals surface area contributed by atoms with Gasteiger partial charge in [0.2, 0.25) is 15.9 Å². The van der Waals surface area contributed by atoms with E-state index in [0.717, 1.165) is 12.8 Å². The number of hydrogen-bond donors (Lipinski definition) is 0. The van der Waals surface area contributed by atoms with Gasteiger partial charge < -0.3 is 14.2 Å². The fourth-order valence-corrected chi connectivity index (χ4v) is 4.64. The molecule has 1 aromatic heterocycles. The van der Waals surface area contributed by atoms with E-state index in [2.05, 4.69) is 0 Å². The first-order valence-electron chi connectivity index (χ1n) is 9.05. The molecule has 2 amide bonds. The molecular weight excluding hydrogens is 358 g/mol. The third-order valence-electron chi connectivity index (χ3n) is 5.09. The molecular formula is C17H25N3O5S. The maximum atomic E-state index is 13.0. The molecule has 0 aromatic carbocycles. The molecule has 0 bridgehead atoms. The topological polar surface area (TPSA) is 91.1 Å². The van der Waals surface area contributed by atoms with Crippen molar-refractivity contribution in [2.45, 2.75) is 32.2 Å². The number of likely N-dealkylation sites (tertiary alicyclic amines) is 1. The number of piperazine rings is 1. The van der Waals surface area contributed by atoms with Crippen molar-refractivity contribution in [3.8, 4) is 0 Å². The van der Waals surface area contributed by atoms with Crippen molar-refractivity contribution in [2.75, 3.05) is 38.5 Å². The van der Waals surface area contributed by atoms with Gasteiger partial charge in [-0.15, -0.1) is 0 Å². The monoisotopic (exact) mass is 383 g/mol. The van der Waals surface area contributed by atoms with Crippen LogP contribution in [0.15, 0.2) is 22.8 Å². The van der Waals surface area contributed by atoms with Crippen LogP contribution in [0.5, 0.6) is 0 Å². The molecule has 2 aliphatic rings. The standard InChI is InChI=1S/C17H25N3O5S/c1-2-26(23,24)19-11-9-18(10-12-19)16(21)14-6-3-4-8-20(14)17(22)15-7-5-13-25-15/h5,7,13-14H,2-4,6,8-12H2,1H3. The van der Waals surface area contributed by atoms with E-state index in [0.29, 0.717) is 39.1 Å². The van der Waals surface area contributed by atoms with Crippen LogP contribution in [0, 0.1) is 0 Å². The molecule has 1 aromatic rings. The molecule has 0 saturated carbocycles. The van der Waals surface area contributed by atoms with Crippen LogP contribution in [0.3, 0.4) is 0 Å². The van der Waals surface area contributed by atoms with Crippen LogP contribution in [0.4, 0.5) is 0 Å². The Morgan fingerprint density at radius 1 is 1.15 bits per heavy atom. The minimum atomic E-state index is -3.23. The van der Waals surface area contributed by atoms with Crippen molar-refractivity contribution in [3.05, 3.63) is 24.2 Å². The molecule has 0 N–H and O–H groups in total. The summed E-state index contributed by atoms with van der Waals surface area (Å²) in [6, 6.07) is 2.75. The predicted octanol–water partition coefficient (Wildman–Crippen LogP) is 0.768. The Morgan fingerprint density at radius 3 is 2.50 bits per heavy atom. The highest BCUT2D eigenvalue weighted by Crippen LogP contribution is 2.22. The molecule has 8 nitrogen and oxygen atoms in total. The van der Waals surface area contributed by atoms with E-state index in [1.807, 2.05) is 0 Å². The summed E-state index contributed by atoms with van der Waals surface area (Å²) in [5.74, 6) is -0.0587. The van der Waals surface area contributed by atoms with Gasteiger partial charge >= 0.3 is 0 Å². The summed E-state index contributed by atoms with van der Waals surface area (Å²) in [5, 5.41) is 0. The quantitative estimate of drug-likeness (QED) is 0.766. The van der Waals surface area contributed by atoms with Gasteiger partial charge in [-0.2, -0.15) is 4.31 Å². The largest absolute Gasteiger partial charge is 0.459 e. The number of sulfonamides is 1. The van der Waals surface area contributed by atoms with Crippen LogP contribution in [0.2, 0.25) is 0 Å². The molecule has 1 unspecified atom stereocenters. The number of rotatable bonds is 4. The Morgan fingerprint density at radius 2 is 1.88 bits per heavy atom. The Bertz CT molecular complexity index is 738. The van der Waals surface area contributed by atoms with Crippen molar-refractivity contribution in [2.24, 2.45) is 0 Å². The maximum Gasteiger partial charge on any atom is 0.290 e. The van der Waals surface area contributed by atoms with E-state index >= 15 is 0 Å². The van der Waals surface area contributed by atoms with Gasteiger partial charge in [-0.3, -0.25) is 9.59 Å². The molecule has 1 atom stereocenters. The number of furan rings is 1. The second-order valence-electron chi connectivity index (χ2n) is 6.61. The first-order chi connectivity index (χ1) is 12.4. The number of amides is 2. The molecule has 2 fully saturated rings. The van der Waals surface area contributed by atoms with Crippen molar-refractivity contribution in [1.29, 1.82) is 0 Å². The number of carbonyl (C=O) groups is 2. The van der Waals surface area contributed by atoms with Crippen molar-refractivity contribution in [3.63, 3.8) is 0 Å². The second kappa shape index (κ2) is 7.79.